The van der Waals surface area contributed by atoms with Crippen LogP contribution in [0, 0.1) is 13.8 Å². The number of carbonyl (C=O) groups is 1. The molecule has 1 amide bonds. The Hall–Kier alpha value is -3.04. The number of nitrogens with zero attached hydrogens (tertiary/aromatic N) is 6. The highest BCUT2D eigenvalue weighted by Gasteiger charge is 2.18. The van der Waals surface area contributed by atoms with Crippen molar-refractivity contribution in [1.29, 1.82) is 0 Å². The number of hydrogen-bond acceptors (Lipinski definition) is 6. The van der Waals surface area contributed by atoms with Crippen LogP contribution < -0.4 is 10.9 Å². The lowest BCUT2D eigenvalue weighted by atomic mass is 10.2. The van der Waals surface area contributed by atoms with Crippen molar-refractivity contribution in [2.45, 2.75) is 40.0 Å². The standard InChI is InChI=1S/C26H37N7O2/c1-5-31-15-17-32(18-16-31)14-6-13-27-23(34)12-11-22-26(35)30(4)25-24(28-22)20(3)29-33(25)21-9-7-19(2)8-10-21/h7-10H,5-6,11-18H2,1-4H3,(H,27,34). The molecule has 3 heterocycles. The average Bonchev–Trinajstić information content (AvgIpc) is 3.20. The fourth-order valence-corrected chi connectivity index (χ4v) is 4.62. The molecule has 0 radical (unpaired) electrons. The van der Waals surface area contributed by atoms with E-state index >= 15 is 0 Å². The van der Waals surface area contributed by atoms with Crippen molar-refractivity contribution >= 4 is 17.1 Å². The second-order valence-electron chi connectivity index (χ2n) is 9.41. The van der Waals surface area contributed by atoms with E-state index in [0.29, 0.717) is 29.8 Å². The van der Waals surface area contributed by atoms with Gasteiger partial charge >= 0.3 is 0 Å². The minimum atomic E-state index is -0.190. The Labute approximate surface area is 206 Å². The Kier molecular flexibility index (Phi) is 7.97. The smallest absolute Gasteiger partial charge is 0.273 e. The first-order chi connectivity index (χ1) is 16.9. The summed E-state index contributed by atoms with van der Waals surface area (Å²) < 4.78 is 3.35. The van der Waals surface area contributed by atoms with Crippen LogP contribution in [0.4, 0.5) is 0 Å². The van der Waals surface area contributed by atoms with E-state index in [1.165, 1.54) is 0 Å². The van der Waals surface area contributed by atoms with Crippen molar-refractivity contribution in [1.82, 2.24) is 34.4 Å². The number of carbonyl (C=O) groups excluding carboxylic acids is 1. The van der Waals surface area contributed by atoms with Gasteiger partial charge in [0.1, 0.15) is 11.2 Å². The number of likely N-dealkylation sites (N-methyl/N-ethyl adjacent to an activating group) is 1. The minimum absolute atomic E-state index is 0.0446. The third-order valence-electron chi connectivity index (χ3n) is 6.87. The molecule has 35 heavy (non-hydrogen) atoms. The van der Waals surface area contributed by atoms with E-state index in [2.05, 4.69) is 32.1 Å². The van der Waals surface area contributed by atoms with Crippen LogP contribution in [0.25, 0.3) is 16.9 Å². The molecule has 0 saturated carbocycles. The van der Waals surface area contributed by atoms with Crippen molar-refractivity contribution in [3.05, 3.63) is 51.6 Å². The van der Waals surface area contributed by atoms with Gasteiger partial charge in [0.15, 0.2) is 5.65 Å². The zero-order valence-corrected chi connectivity index (χ0v) is 21.4. The first kappa shape index (κ1) is 25.1. The summed E-state index contributed by atoms with van der Waals surface area (Å²) in [5, 5.41) is 7.63. The SMILES string of the molecule is CCN1CCN(CCCNC(=O)CCc2nc3c(C)nn(-c4ccc(C)cc4)c3n(C)c2=O)CC1. The van der Waals surface area contributed by atoms with Crippen molar-refractivity contribution in [3.63, 3.8) is 0 Å². The monoisotopic (exact) mass is 479 g/mol. The first-order valence-electron chi connectivity index (χ1n) is 12.6. The van der Waals surface area contributed by atoms with E-state index < -0.39 is 0 Å². The van der Waals surface area contributed by atoms with Gasteiger partial charge in [0.25, 0.3) is 5.56 Å². The van der Waals surface area contributed by atoms with Crippen LogP contribution in [0.3, 0.4) is 0 Å². The van der Waals surface area contributed by atoms with E-state index in [9.17, 15) is 9.59 Å². The largest absolute Gasteiger partial charge is 0.356 e. The second kappa shape index (κ2) is 11.1. The molecule has 1 saturated heterocycles. The van der Waals surface area contributed by atoms with Gasteiger partial charge in [-0.3, -0.25) is 14.2 Å². The lowest BCUT2D eigenvalue weighted by Crippen LogP contribution is -2.46. The molecule has 1 aromatic carbocycles. The van der Waals surface area contributed by atoms with E-state index in [1.54, 1.807) is 16.3 Å². The quantitative estimate of drug-likeness (QED) is 0.471. The Morgan fingerprint density at radius 3 is 2.43 bits per heavy atom. The number of benzene rings is 1. The molecule has 0 unspecified atom stereocenters. The minimum Gasteiger partial charge on any atom is -0.356 e. The predicted molar refractivity (Wildman–Crippen MR) is 138 cm³/mol. The van der Waals surface area contributed by atoms with E-state index in [-0.39, 0.29) is 17.9 Å². The molecule has 1 fully saturated rings. The fourth-order valence-electron chi connectivity index (χ4n) is 4.62. The number of fused-ring (bicyclic) bond motifs is 1. The molecular formula is C26H37N7O2. The third kappa shape index (κ3) is 5.79. The molecule has 188 valence electrons. The third-order valence-corrected chi connectivity index (χ3v) is 6.87. The lowest BCUT2D eigenvalue weighted by molar-refractivity contribution is -0.121. The Morgan fingerprint density at radius 1 is 1.06 bits per heavy atom. The molecule has 0 bridgehead atoms. The first-order valence-corrected chi connectivity index (χ1v) is 12.6. The van der Waals surface area contributed by atoms with E-state index in [1.807, 2.05) is 38.1 Å². The Balaban J connectivity index is 1.34. The van der Waals surface area contributed by atoms with Gasteiger partial charge in [0.05, 0.1) is 11.4 Å². The maximum atomic E-state index is 13.0. The summed E-state index contributed by atoms with van der Waals surface area (Å²) in [5.41, 5.74) is 4.34. The summed E-state index contributed by atoms with van der Waals surface area (Å²) in [6.45, 7) is 13.3. The predicted octanol–water partition coefficient (Wildman–Crippen LogP) is 1.81. The van der Waals surface area contributed by atoms with Gasteiger partial charge in [0.2, 0.25) is 5.91 Å². The van der Waals surface area contributed by atoms with Crippen LogP contribution in [0.5, 0.6) is 0 Å². The van der Waals surface area contributed by atoms with Gasteiger partial charge in [-0.1, -0.05) is 24.6 Å². The van der Waals surface area contributed by atoms with Gasteiger partial charge in [-0.15, -0.1) is 0 Å². The molecule has 0 spiro atoms. The number of hydrogen-bond donors (Lipinski definition) is 1. The highest BCUT2D eigenvalue weighted by molar-refractivity contribution is 5.77. The molecule has 0 aliphatic carbocycles. The van der Waals surface area contributed by atoms with E-state index in [4.69, 9.17) is 0 Å². The summed E-state index contributed by atoms with van der Waals surface area (Å²) in [7, 11) is 1.74. The molecule has 9 heteroatoms. The van der Waals surface area contributed by atoms with Crippen molar-refractivity contribution in [2.24, 2.45) is 7.05 Å². The highest BCUT2D eigenvalue weighted by Crippen LogP contribution is 2.19. The Bertz CT molecular complexity index is 1220. The number of piperazine rings is 1. The van der Waals surface area contributed by atoms with Crippen LogP contribution >= 0.6 is 0 Å². The van der Waals surface area contributed by atoms with Crippen molar-refractivity contribution < 1.29 is 4.79 Å². The summed E-state index contributed by atoms with van der Waals surface area (Å²) in [6, 6.07) is 8.00. The topological polar surface area (TPSA) is 88.3 Å². The maximum absolute atomic E-state index is 13.0. The fraction of sp³-hybridized carbons (Fsp3) is 0.538. The molecule has 9 nitrogen and oxygen atoms in total. The Morgan fingerprint density at radius 2 is 1.74 bits per heavy atom. The van der Waals surface area contributed by atoms with Gasteiger partial charge in [0, 0.05) is 52.6 Å². The van der Waals surface area contributed by atoms with Gasteiger partial charge < -0.3 is 15.1 Å². The molecule has 4 rings (SSSR count). The molecule has 1 aliphatic rings. The number of nitrogens with one attached hydrogen (secondary N) is 1. The van der Waals surface area contributed by atoms with Crippen LogP contribution in [-0.4, -0.2) is 80.9 Å². The van der Waals surface area contributed by atoms with Gasteiger partial charge in [-0.05, 0) is 45.5 Å². The maximum Gasteiger partial charge on any atom is 0.273 e. The zero-order chi connectivity index (χ0) is 24.9. The number of amides is 1. The molecule has 0 atom stereocenters. The molecule has 3 aromatic rings. The zero-order valence-electron chi connectivity index (χ0n) is 21.4. The van der Waals surface area contributed by atoms with Crippen molar-refractivity contribution in [2.75, 3.05) is 45.8 Å². The summed E-state index contributed by atoms with van der Waals surface area (Å²) in [5.74, 6) is -0.0446. The van der Waals surface area contributed by atoms with Crippen LogP contribution in [0.2, 0.25) is 0 Å². The van der Waals surface area contributed by atoms with Crippen molar-refractivity contribution in [3.8, 4) is 5.69 Å². The molecule has 1 N–H and O–H groups in total. The van der Waals surface area contributed by atoms with Crippen LogP contribution in [0.1, 0.15) is 36.7 Å². The number of aryl methyl sites for hydroxylation is 4. The van der Waals surface area contributed by atoms with Gasteiger partial charge in [-0.2, -0.15) is 5.10 Å². The summed E-state index contributed by atoms with van der Waals surface area (Å²) in [4.78, 5) is 35.0. The second-order valence-corrected chi connectivity index (χ2v) is 9.41. The van der Waals surface area contributed by atoms with Crippen LogP contribution in [0.15, 0.2) is 29.1 Å². The number of aromatic nitrogens is 4. The summed E-state index contributed by atoms with van der Waals surface area (Å²) in [6.07, 6.45) is 1.48. The number of rotatable bonds is 9. The normalized spacial score (nSPS) is 15.1. The lowest BCUT2D eigenvalue weighted by Gasteiger charge is -2.33. The van der Waals surface area contributed by atoms with Gasteiger partial charge in [-0.25, -0.2) is 9.67 Å². The molecule has 2 aromatic heterocycles. The molecular weight excluding hydrogens is 442 g/mol. The molecule has 1 aliphatic heterocycles. The van der Waals surface area contributed by atoms with E-state index in [0.717, 1.165) is 62.6 Å². The summed E-state index contributed by atoms with van der Waals surface area (Å²) >= 11 is 0. The average molecular weight is 480 g/mol. The van der Waals surface area contributed by atoms with Crippen LogP contribution in [-0.2, 0) is 18.3 Å². The highest BCUT2D eigenvalue weighted by atomic mass is 16.1.